The van der Waals surface area contributed by atoms with Crippen molar-refractivity contribution in [1.82, 2.24) is 19.9 Å². The van der Waals surface area contributed by atoms with Gasteiger partial charge in [-0.2, -0.15) is 0 Å². The zero-order chi connectivity index (χ0) is 13.9. The number of rotatable bonds is 6. The number of hydrogen-bond donors (Lipinski definition) is 1. The number of hydrogen-bond acceptors (Lipinski definition) is 4. The standard InChI is InChI=1S/C14H18N4O2/c1-20-8-2-7-15-14(19)11-5-6-12-16-17-13(10-3-4-10)18(12)9-11/h5-6,9-10H,2-4,7-8H2,1H3,(H,15,19). The Morgan fingerprint density at radius 1 is 1.45 bits per heavy atom. The average Bonchev–Trinajstić information content (AvgIpc) is 3.22. The molecule has 1 aliphatic rings. The van der Waals surface area contributed by atoms with Gasteiger partial charge in [0.1, 0.15) is 5.82 Å². The van der Waals surface area contributed by atoms with Gasteiger partial charge in [0.25, 0.3) is 5.91 Å². The van der Waals surface area contributed by atoms with E-state index in [0.717, 1.165) is 30.7 Å². The smallest absolute Gasteiger partial charge is 0.252 e. The van der Waals surface area contributed by atoms with Gasteiger partial charge in [-0.1, -0.05) is 0 Å². The third-order valence-electron chi connectivity index (χ3n) is 3.44. The Morgan fingerprint density at radius 3 is 3.05 bits per heavy atom. The van der Waals surface area contributed by atoms with Gasteiger partial charge >= 0.3 is 0 Å². The van der Waals surface area contributed by atoms with Gasteiger partial charge in [0.15, 0.2) is 5.65 Å². The van der Waals surface area contributed by atoms with E-state index in [1.165, 1.54) is 0 Å². The lowest BCUT2D eigenvalue weighted by atomic mass is 10.2. The fourth-order valence-electron chi connectivity index (χ4n) is 2.18. The number of ether oxygens (including phenoxy) is 1. The number of aromatic nitrogens is 3. The lowest BCUT2D eigenvalue weighted by Crippen LogP contribution is -2.25. The number of carbonyl (C=O) groups excluding carboxylic acids is 1. The van der Waals surface area contributed by atoms with Crippen LogP contribution >= 0.6 is 0 Å². The highest BCUT2D eigenvalue weighted by atomic mass is 16.5. The minimum Gasteiger partial charge on any atom is -0.385 e. The summed E-state index contributed by atoms with van der Waals surface area (Å²) in [5.41, 5.74) is 1.43. The number of pyridine rings is 1. The summed E-state index contributed by atoms with van der Waals surface area (Å²) in [5.74, 6) is 1.40. The third-order valence-corrected chi connectivity index (χ3v) is 3.44. The van der Waals surface area contributed by atoms with Crippen molar-refractivity contribution in [3.63, 3.8) is 0 Å². The molecule has 20 heavy (non-hydrogen) atoms. The van der Waals surface area contributed by atoms with E-state index < -0.39 is 0 Å². The molecule has 0 radical (unpaired) electrons. The highest BCUT2D eigenvalue weighted by Gasteiger charge is 2.28. The lowest BCUT2D eigenvalue weighted by Gasteiger charge is -2.06. The normalized spacial score (nSPS) is 14.7. The maximum atomic E-state index is 12.1. The van der Waals surface area contributed by atoms with Crippen LogP contribution in [0.1, 0.15) is 41.4 Å². The van der Waals surface area contributed by atoms with E-state index in [9.17, 15) is 4.79 Å². The maximum absolute atomic E-state index is 12.1. The highest BCUT2D eigenvalue weighted by Crippen LogP contribution is 2.38. The fourth-order valence-corrected chi connectivity index (χ4v) is 2.18. The summed E-state index contributed by atoms with van der Waals surface area (Å²) in [7, 11) is 1.65. The largest absolute Gasteiger partial charge is 0.385 e. The second kappa shape index (κ2) is 5.58. The number of carbonyl (C=O) groups is 1. The molecule has 0 spiro atoms. The zero-order valence-corrected chi connectivity index (χ0v) is 11.5. The SMILES string of the molecule is COCCCNC(=O)c1ccc2nnc(C3CC3)n2c1. The van der Waals surface area contributed by atoms with Crippen LogP contribution in [0.4, 0.5) is 0 Å². The van der Waals surface area contributed by atoms with Gasteiger partial charge in [-0.05, 0) is 31.4 Å². The predicted molar refractivity (Wildman–Crippen MR) is 73.8 cm³/mol. The van der Waals surface area contributed by atoms with Gasteiger partial charge in [-0.25, -0.2) is 0 Å². The molecule has 2 heterocycles. The van der Waals surface area contributed by atoms with Crippen LogP contribution in [-0.2, 0) is 4.74 Å². The Hall–Kier alpha value is -1.95. The summed E-state index contributed by atoms with van der Waals surface area (Å²) in [5, 5.41) is 11.2. The van der Waals surface area contributed by atoms with Crippen molar-refractivity contribution in [2.45, 2.75) is 25.2 Å². The third kappa shape index (κ3) is 2.65. The summed E-state index contributed by atoms with van der Waals surface area (Å²) in [6, 6.07) is 3.62. The first-order chi connectivity index (χ1) is 9.79. The van der Waals surface area contributed by atoms with E-state index >= 15 is 0 Å². The van der Waals surface area contributed by atoms with E-state index in [4.69, 9.17) is 4.74 Å². The Labute approximate surface area is 117 Å². The molecular formula is C14H18N4O2. The summed E-state index contributed by atoms with van der Waals surface area (Å²) < 4.78 is 6.89. The van der Waals surface area contributed by atoms with E-state index in [-0.39, 0.29) is 5.91 Å². The first-order valence-corrected chi connectivity index (χ1v) is 6.91. The van der Waals surface area contributed by atoms with Crippen molar-refractivity contribution in [1.29, 1.82) is 0 Å². The van der Waals surface area contributed by atoms with Crippen molar-refractivity contribution < 1.29 is 9.53 Å². The van der Waals surface area contributed by atoms with Crippen LogP contribution < -0.4 is 5.32 Å². The number of amides is 1. The Bertz CT molecular complexity index is 619. The van der Waals surface area contributed by atoms with Crippen molar-refractivity contribution in [3.8, 4) is 0 Å². The maximum Gasteiger partial charge on any atom is 0.252 e. The second-order valence-electron chi connectivity index (χ2n) is 5.08. The van der Waals surface area contributed by atoms with Gasteiger partial charge in [0.05, 0.1) is 5.56 Å². The van der Waals surface area contributed by atoms with E-state index in [1.54, 1.807) is 13.2 Å². The summed E-state index contributed by atoms with van der Waals surface area (Å²) >= 11 is 0. The number of nitrogens with one attached hydrogen (secondary N) is 1. The van der Waals surface area contributed by atoms with Crippen molar-refractivity contribution in [2.24, 2.45) is 0 Å². The first-order valence-electron chi connectivity index (χ1n) is 6.91. The van der Waals surface area contributed by atoms with Gasteiger partial charge < -0.3 is 10.1 Å². The molecule has 1 saturated carbocycles. The zero-order valence-electron chi connectivity index (χ0n) is 11.5. The Kier molecular flexibility index (Phi) is 3.64. The van der Waals surface area contributed by atoms with Gasteiger partial charge in [0, 0.05) is 32.4 Å². The van der Waals surface area contributed by atoms with Gasteiger partial charge in [-0.3, -0.25) is 9.20 Å². The second-order valence-corrected chi connectivity index (χ2v) is 5.08. The fraction of sp³-hybridized carbons (Fsp3) is 0.500. The quantitative estimate of drug-likeness (QED) is 0.808. The predicted octanol–water partition coefficient (Wildman–Crippen LogP) is 1.37. The van der Waals surface area contributed by atoms with Crippen LogP contribution in [0, 0.1) is 0 Å². The van der Waals surface area contributed by atoms with E-state index in [1.807, 2.05) is 16.7 Å². The lowest BCUT2D eigenvalue weighted by molar-refractivity contribution is 0.0948. The topological polar surface area (TPSA) is 68.5 Å². The van der Waals surface area contributed by atoms with Crippen LogP contribution in [0.15, 0.2) is 18.3 Å². The molecule has 1 aliphatic carbocycles. The molecule has 0 aliphatic heterocycles. The molecule has 0 atom stereocenters. The minimum atomic E-state index is -0.0709. The number of methoxy groups -OCH3 is 1. The minimum absolute atomic E-state index is 0.0709. The molecule has 6 nitrogen and oxygen atoms in total. The molecule has 0 bridgehead atoms. The molecule has 1 fully saturated rings. The molecule has 3 rings (SSSR count). The van der Waals surface area contributed by atoms with Crippen LogP contribution in [-0.4, -0.2) is 40.8 Å². The monoisotopic (exact) mass is 274 g/mol. The molecule has 0 saturated heterocycles. The van der Waals surface area contributed by atoms with Crippen LogP contribution in [0.25, 0.3) is 5.65 Å². The Morgan fingerprint density at radius 2 is 2.30 bits per heavy atom. The van der Waals surface area contributed by atoms with Crippen LogP contribution in [0.5, 0.6) is 0 Å². The molecule has 0 unspecified atom stereocenters. The molecule has 2 aromatic heterocycles. The van der Waals surface area contributed by atoms with Crippen molar-refractivity contribution in [3.05, 3.63) is 29.7 Å². The number of nitrogens with zero attached hydrogens (tertiary/aromatic N) is 3. The van der Waals surface area contributed by atoms with Gasteiger partial charge in [0.2, 0.25) is 0 Å². The summed E-state index contributed by atoms with van der Waals surface area (Å²) in [4.78, 5) is 12.1. The molecule has 1 amide bonds. The first kappa shape index (κ1) is 13.1. The highest BCUT2D eigenvalue weighted by molar-refractivity contribution is 5.94. The average molecular weight is 274 g/mol. The van der Waals surface area contributed by atoms with Crippen LogP contribution in [0.3, 0.4) is 0 Å². The number of fused-ring (bicyclic) bond motifs is 1. The molecule has 106 valence electrons. The molecule has 6 heteroatoms. The molecule has 2 aromatic rings. The van der Waals surface area contributed by atoms with Crippen molar-refractivity contribution in [2.75, 3.05) is 20.3 Å². The Balaban J connectivity index is 1.74. The van der Waals surface area contributed by atoms with E-state index in [0.29, 0.717) is 24.6 Å². The summed E-state index contributed by atoms with van der Waals surface area (Å²) in [6.45, 7) is 1.26. The van der Waals surface area contributed by atoms with Crippen LogP contribution in [0.2, 0.25) is 0 Å². The van der Waals surface area contributed by atoms with Crippen molar-refractivity contribution >= 4 is 11.6 Å². The molecule has 1 N–H and O–H groups in total. The van der Waals surface area contributed by atoms with Gasteiger partial charge in [-0.15, -0.1) is 10.2 Å². The van der Waals surface area contributed by atoms with E-state index in [2.05, 4.69) is 15.5 Å². The summed E-state index contributed by atoms with van der Waals surface area (Å²) in [6.07, 6.45) is 4.96. The molecule has 0 aromatic carbocycles. The molecular weight excluding hydrogens is 256 g/mol.